The number of rotatable bonds is 9. The summed E-state index contributed by atoms with van der Waals surface area (Å²) in [6.45, 7) is 4.46. The number of amides is 1. The quantitative estimate of drug-likeness (QED) is 0.674. The zero-order valence-electron chi connectivity index (χ0n) is 16.8. The van der Waals surface area contributed by atoms with Crippen LogP contribution in [0.4, 0.5) is 0 Å². The van der Waals surface area contributed by atoms with Crippen LogP contribution in [0, 0.1) is 5.92 Å². The zero-order valence-corrected chi connectivity index (χ0v) is 18.4. The molecule has 7 heteroatoms. The highest BCUT2D eigenvalue weighted by atomic mass is 32.2. The van der Waals surface area contributed by atoms with Gasteiger partial charge in [-0.2, -0.15) is 0 Å². The summed E-state index contributed by atoms with van der Waals surface area (Å²) in [6.07, 6.45) is 0. The smallest absolute Gasteiger partial charge is 0.242 e. The van der Waals surface area contributed by atoms with Crippen LogP contribution in [-0.2, 0) is 27.1 Å². The minimum atomic E-state index is -3.44. The largest absolute Gasteiger partial charge is 0.351 e. The van der Waals surface area contributed by atoms with Crippen molar-refractivity contribution in [1.29, 1.82) is 0 Å². The molecule has 0 aromatic heterocycles. The predicted octanol–water partition coefficient (Wildman–Crippen LogP) is 3.51. The fourth-order valence-electron chi connectivity index (χ4n) is 2.61. The third-order valence-electron chi connectivity index (χ3n) is 4.30. The molecule has 0 fully saturated rings. The molecule has 0 aliphatic carbocycles. The molecule has 1 amide bonds. The van der Waals surface area contributed by atoms with Crippen LogP contribution in [0.2, 0.25) is 0 Å². The van der Waals surface area contributed by atoms with Gasteiger partial charge in [0, 0.05) is 26.4 Å². The van der Waals surface area contributed by atoms with Crippen molar-refractivity contribution in [2.24, 2.45) is 5.92 Å². The van der Waals surface area contributed by atoms with Gasteiger partial charge in [0.2, 0.25) is 15.9 Å². The van der Waals surface area contributed by atoms with Gasteiger partial charge < -0.3 is 5.32 Å². The number of hydrogen-bond donors (Lipinski definition) is 1. The summed E-state index contributed by atoms with van der Waals surface area (Å²) in [5.74, 6) is 0.996. The molecule has 0 bridgehead atoms. The molecule has 0 aliphatic rings. The fraction of sp³-hybridized carbons (Fsp3) is 0.381. The first-order valence-electron chi connectivity index (χ1n) is 9.16. The highest BCUT2D eigenvalue weighted by Crippen LogP contribution is 2.24. The summed E-state index contributed by atoms with van der Waals surface area (Å²) in [5, 5.41) is 2.83. The van der Waals surface area contributed by atoms with Crippen molar-refractivity contribution in [3.63, 3.8) is 0 Å². The van der Waals surface area contributed by atoms with Gasteiger partial charge in [0.1, 0.15) is 0 Å². The third kappa shape index (κ3) is 6.09. The van der Waals surface area contributed by atoms with Crippen molar-refractivity contribution in [3.8, 4) is 0 Å². The molecule has 1 atom stereocenters. The maximum absolute atomic E-state index is 12.7. The first-order valence-corrected chi connectivity index (χ1v) is 11.7. The van der Waals surface area contributed by atoms with Crippen LogP contribution in [0.15, 0.2) is 59.5 Å². The SMILES string of the molecule is CC(C)C(SCc1ccccc1)C(=O)NCc1ccc(S(=O)(=O)N(C)C)cc1. The van der Waals surface area contributed by atoms with E-state index >= 15 is 0 Å². The second kappa shape index (κ2) is 10.1. The Balaban J connectivity index is 1.95. The van der Waals surface area contributed by atoms with Gasteiger partial charge in [0.25, 0.3) is 0 Å². The molecule has 152 valence electrons. The molecule has 2 rings (SSSR count). The number of nitrogens with one attached hydrogen (secondary N) is 1. The van der Waals surface area contributed by atoms with Crippen LogP contribution in [0.25, 0.3) is 0 Å². The second-order valence-corrected chi connectivity index (χ2v) is 10.4. The minimum absolute atomic E-state index is 0.000853. The lowest BCUT2D eigenvalue weighted by molar-refractivity contribution is -0.121. The Bertz CT molecular complexity index is 864. The van der Waals surface area contributed by atoms with Crippen LogP contribution in [0.5, 0.6) is 0 Å². The van der Waals surface area contributed by atoms with Crippen molar-refractivity contribution < 1.29 is 13.2 Å². The summed E-state index contributed by atoms with van der Waals surface area (Å²) in [4.78, 5) is 12.9. The number of thioether (sulfide) groups is 1. The molecular formula is C21H28N2O3S2. The molecule has 0 radical (unpaired) electrons. The molecule has 0 saturated heterocycles. The van der Waals surface area contributed by atoms with Crippen LogP contribution < -0.4 is 5.32 Å². The molecule has 1 unspecified atom stereocenters. The van der Waals surface area contributed by atoms with Gasteiger partial charge in [-0.1, -0.05) is 56.3 Å². The highest BCUT2D eigenvalue weighted by molar-refractivity contribution is 7.99. The number of nitrogens with zero attached hydrogens (tertiary/aromatic N) is 1. The van der Waals surface area contributed by atoms with E-state index in [0.29, 0.717) is 6.54 Å². The first kappa shape index (κ1) is 22.5. The second-order valence-electron chi connectivity index (χ2n) is 7.11. The molecule has 0 heterocycles. The van der Waals surface area contributed by atoms with Crippen LogP contribution in [0.3, 0.4) is 0 Å². The number of carbonyl (C=O) groups is 1. The van der Waals surface area contributed by atoms with Crippen molar-refractivity contribution in [2.45, 2.75) is 36.3 Å². The van der Waals surface area contributed by atoms with E-state index in [1.54, 1.807) is 36.0 Å². The van der Waals surface area contributed by atoms with Crippen molar-refractivity contribution in [3.05, 3.63) is 65.7 Å². The van der Waals surface area contributed by atoms with E-state index in [0.717, 1.165) is 11.3 Å². The summed E-state index contributed by atoms with van der Waals surface area (Å²) in [6, 6.07) is 16.7. The monoisotopic (exact) mass is 420 g/mol. The Labute approximate surface area is 172 Å². The minimum Gasteiger partial charge on any atom is -0.351 e. The van der Waals surface area contributed by atoms with Gasteiger partial charge in [-0.3, -0.25) is 4.79 Å². The van der Waals surface area contributed by atoms with Crippen molar-refractivity contribution in [1.82, 2.24) is 9.62 Å². The lowest BCUT2D eigenvalue weighted by atomic mass is 10.1. The summed E-state index contributed by atoms with van der Waals surface area (Å²) in [7, 11) is -0.435. The fourth-order valence-corrected chi connectivity index (χ4v) is 4.70. The van der Waals surface area contributed by atoms with Gasteiger partial charge in [-0.05, 0) is 29.2 Å². The molecule has 2 aromatic rings. The molecule has 0 saturated carbocycles. The average Bonchev–Trinajstić information content (AvgIpc) is 2.67. The average molecular weight is 421 g/mol. The Morgan fingerprint density at radius 2 is 1.61 bits per heavy atom. The molecule has 5 nitrogen and oxygen atoms in total. The Morgan fingerprint density at radius 1 is 1.00 bits per heavy atom. The standard InChI is InChI=1S/C21H28N2O3S2/c1-16(2)20(27-15-18-8-6-5-7-9-18)21(24)22-14-17-10-12-19(13-11-17)28(25,26)23(3)4/h5-13,16,20H,14-15H2,1-4H3,(H,22,24). The topological polar surface area (TPSA) is 66.5 Å². The van der Waals surface area contributed by atoms with E-state index in [9.17, 15) is 13.2 Å². The van der Waals surface area contributed by atoms with E-state index in [2.05, 4.69) is 17.4 Å². The number of benzene rings is 2. The maximum Gasteiger partial charge on any atom is 0.242 e. The van der Waals surface area contributed by atoms with Crippen LogP contribution in [-0.4, -0.2) is 38.0 Å². The Hall–Kier alpha value is -1.83. The summed E-state index contributed by atoms with van der Waals surface area (Å²) >= 11 is 1.64. The maximum atomic E-state index is 12.7. The number of sulfonamides is 1. The third-order valence-corrected chi connectivity index (χ3v) is 7.75. The Morgan fingerprint density at radius 3 is 2.14 bits per heavy atom. The lowest BCUT2D eigenvalue weighted by Gasteiger charge is -2.20. The predicted molar refractivity (Wildman–Crippen MR) is 116 cm³/mol. The molecule has 0 aliphatic heterocycles. The highest BCUT2D eigenvalue weighted by Gasteiger charge is 2.22. The number of carbonyl (C=O) groups excluding carboxylic acids is 1. The van der Waals surface area contributed by atoms with Gasteiger partial charge in [-0.25, -0.2) is 12.7 Å². The molecule has 2 aromatic carbocycles. The summed E-state index contributed by atoms with van der Waals surface area (Å²) < 4.78 is 25.4. The van der Waals surface area contributed by atoms with Gasteiger partial charge in [0.05, 0.1) is 10.1 Å². The van der Waals surface area contributed by atoms with E-state index in [1.165, 1.54) is 24.0 Å². The lowest BCUT2D eigenvalue weighted by Crippen LogP contribution is -2.35. The van der Waals surface area contributed by atoms with E-state index in [1.807, 2.05) is 32.0 Å². The first-order chi connectivity index (χ1) is 13.2. The van der Waals surface area contributed by atoms with Crippen LogP contribution >= 0.6 is 11.8 Å². The van der Waals surface area contributed by atoms with Crippen molar-refractivity contribution in [2.75, 3.05) is 14.1 Å². The van der Waals surface area contributed by atoms with Crippen LogP contribution in [0.1, 0.15) is 25.0 Å². The molecule has 1 N–H and O–H groups in total. The summed E-state index contributed by atoms with van der Waals surface area (Å²) in [5.41, 5.74) is 2.06. The van der Waals surface area contributed by atoms with Gasteiger partial charge >= 0.3 is 0 Å². The molecular weight excluding hydrogens is 392 g/mol. The van der Waals surface area contributed by atoms with Gasteiger partial charge in [0.15, 0.2) is 0 Å². The Kier molecular flexibility index (Phi) is 8.10. The normalized spacial score (nSPS) is 12.9. The number of hydrogen-bond acceptors (Lipinski definition) is 4. The van der Waals surface area contributed by atoms with E-state index in [4.69, 9.17) is 0 Å². The molecule has 0 spiro atoms. The van der Waals surface area contributed by atoms with E-state index < -0.39 is 10.0 Å². The zero-order chi connectivity index (χ0) is 20.7. The van der Waals surface area contributed by atoms with Crippen molar-refractivity contribution >= 4 is 27.7 Å². The van der Waals surface area contributed by atoms with E-state index in [-0.39, 0.29) is 22.0 Å². The molecule has 28 heavy (non-hydrogen) atoms. The van der Waals surface area contributed by atoms with Gasteiger partial charge in [-0.15, -0.1) is 11.8 Å².